The predicted molar refractivity (Wildman–Crippen MR) is 81.0 cm³/mol. The average Bonchev–Trinajstić information content (AvgIpc) is 3.00. The van der Waals surface area contributed by atoms with E-state index in [1.165, 1.54) is 5.56 Å². The molecule has 2 aromatic heterocycles. The van der Waals surface area contributed by atoms with E-state index in [1.807, 2.05) is 49.1 Å². The molecule has 0 aliphatic heterocycles. The Morgan fingerprint density at radius 2 is 2.05 bits per heavy atom. The fourth-order valence-corrected chi connectivity index (χ4v) is 2.59. The van der Waals surface area contributed by atoms with E-state index < -0.39 is 0 Å². The first-order valence-electron chi connectivity index (χ1n) is 6.73. The SMILES string of the molecule is Cc1cnn(CCn2c(C(C)Cl)nc3ccccc32)c1. The van der Waals surface area contributed by atoms with E-state index in [9.17, 15) is 0 Å². The molecule has 0 saturated carbocycles. The molecule has 0 fully saturated rings. The Balaban J connectivity index is 1.94. The highest BCUT2D eigenvalue weighted by atomic mass is 35.5. The molecule has 0 amide bonds. The number of halogens is 1. The van der Waals surface area contributed by atoms with Crippen LogP contribution in [0, 0.1) is 6.92 Å². The number of imidazole rings is 1. The summed E-state index contributed by atoms with van der Waals surface area (Å²) >= 11 is 6.26. The second-order valence-electron chi connectivity index (χ2n) is 5.01. The first-order chi connectivity index (χ1) is 9.65. The van der Waals surface area contributed by atoms with E-state index in [-0.39, 0.29) is 5.38 Å². The Kier molecular flexibility index (Phi) is 3.49. The van der Waals surface area contributed by atoms with Crippen molar-refractivity contribution in [3.05, 3.63) is 48.0 Å². The van der Waals surface area contributed by atoms with Crippen LogP contribution in [0.3, 0.4) is 0 Å². The minimum Gasteiger partial charge on any atom is -0.325 e. The van der Waals surface area contributed by atoms with Gasteiger partial charge in [0.2, 0.25) is 0 Å². The fourth-order valence-electron chi connectivity index (χ4n) is 2.42. The number of alkyl halides is 1. The first-order valence-corrected chi connectivity index (χ1v) is 7.17. The average molecular weight is 289 g/mol. The number of nitrogens with zero attached hydrogens (tertiary/aromatic N) is 4. The molecule has 0 radical (unpaired) electrons. The largest absolute Gasteiger partial charge is 0.325 e. The van der Waals surface area contributed by atoms with Crippen molar-refractivity contribution in [1.82, 2.24) is 19.3 Å². The molecule has 0 N–H and O–H groups in total. The molecule has 104 valence electrons. The van der Waals surface area contributed by atoms with Crippen LogP contribution in [-0.4, -0.2) is 19.3 Å². The highest BCUT2D eigenvalue weighted by Crippen LogP contribution is 2.24. The maximum absolute atomic E-state index is 6.26. The van der Waals surface area contributed by atoms with Gasteiger partial charge in [0.1, 0.15) is 5.82 Å². The fraction of sp³-hybridized carbons (Fsp3) is 0.333. The molecule has 20 heavy (non-hydrogen) atoms. The molecule has 0 aliphatic rings. The third kappa shape index (κ3) is 2.43. The molecule has 3 rings (SSSR count). The van der Waals surface area contributed by atoms with Gasteiger partial charge in [0, 0.05) is 12.7 Å². The zero-order valence-corrected chi connectivity index (χ0v) is 12.4. The van der Waals surface area contributed by atoms with E-state index in [0.29, 0.717) is 0 Å². The van der Waals surface area contributed by atoms with Crippen LogP contribution in [0.1, 0.15) is 23.7 Å². The molecule has 3 aromatic rings. The minimum atomic E-state index is -0.109. The van der Waals surface area contributed by atoms with E-state index in [4.69, 9.17) is 11.6 Å². The highest BCUT2D eigenvalue weighted by molar-refractivity contribution is 6.20. The molecule has 4 nitrogen and oxygen atoms in total. The van der Waals surface area contributed by atoms with Gasteiger partial charge in [-0.25, -0.2) is 4.98 Å². The quantitative estimate of drug-likeness (QED) is 0.688. The van der Waals surface area contributed by atoms with Crippen molar-refractivity contribution < 1.29 is 0 Å². The van der Waals surface area contributed by atoms with Gasteiger partial charge in [-0.15, -0.1) is 11.6 Å². The van der Waals surface area contributed by atoms with Gasteiger partial charge < -0.3 is 4.57 Å². The lowest BCUT2D eigenvalue weighted by atomic mass is 10.3. The summed E-state index contributed by atoms with van der Waals surface area (Å²) in [6.07, 6.45) is 3.92. The van der Waals surface area contributed by atoms with Crippen molar-refractivity contribution in [3.8, 4) is 0 Å². The number of para-hydroxylation sites is 2. The summed E-state index contributed by atoms with van der Waals surface area (Å²) < 4.78 is 4.14. The van der Waals surface area contributed by atoms with Crippen molar-refractivity contribution in [2.24, 2.45) is 0 Å². The molecular formula is C15H17ClN4. The normalized spacial score (nSPS) is 12.9. The maximum Gasteiger partial charge on any atom is 0.127 e. The van der Waals surface area contributed by atoms with Gasteiger partial charge in [-0.05, 0) is 31.5 Å². The van der Waals surface area contributed by atoms with Crippen LogP contribution < -0.4 is 0 Å². The first kappa shape index (κ1) is 13.2. The van der Waals surface area contributed by atoms with Crippen LogP contribution in [0.4, 0.5) is 0 Å². The number of aryl methyl sites for hydroxylation is 3. The highest BCUT2D eigenvalue weighted by Gasteiger charge is 2.14. The monoisotopic (exact) mass is 288 g/mol. The van der Waals surface area contributed by atoms with Crippen LogP contribution in [0.5, 0.6) is 0 Å². The zero-order chi connectivity index (χ0) is 14.1. The Morgan fingerprint density at radius 3 is 2.75 bits per heavy atom. The Morgan fingerprint density at radius 1 is 1.25 bits per heavy atom. The summed E-state index contributed by atoms with van der Waals surface area (Å²) in [4.78, 5) is 4.63. The number of aromatic nitrogens is 4. The smallest absolute Gasteiger partial charge is 0.127 e. The molecule has 0 aliphatic carbocycles. The zero-order valence-electron chi connectivity index (χ0n) is 11.6. The van der Waals surface area contributed by atoms with Gasteiger partial charge >= 0.3 is 0 Å². The van der Waals surface area contributed by atoms with Crippen LogP contribution in [0.25, 0.3) is 11.0 Å². The van der Waals surface area contributed by atoms with Gasteiger partial charge in [0.05, 0.1) is 29.2 Å². The van der Waals surface area contributed by atoms with Crippen molar-refractivity contribution in [2.75, 3.05) is 0 Å². The van der Waals surface area contributed by atoms with E-state index >= 15 is 0 Å². The summed E-state index contributed by atoms with van der Waals surface area (Å²) in [5.41, 5.74) is 3.29. The van der Waals surface area contributed by atoms with Crippen LogP contribution in [0.15, 0.2) is 36.7 Å². The van der Waals surface area contributed by atoms with Gasteiger partial charge in [-0.2, -0.15) is 5.10 Å². The lowest BCUT2D eigenvalue weighted by Crippen LogP contribution is -2.11. The number of benzene rings is 1. The van der Waals surface area contributed by atoms with Crippen molar-refractivity contribution in [2.45, 2.75) is 32.3 Å². The second-order valence-corrected chi connectivity index (χ2v) is 5.66. The summed E-state index contributed by atoms with van der Waals surface area (Å²) in [5.74, 6) is 0.914. The summed E-state index contributed by atoms with van der Waals surface area (Å²) in [6.45, 7) is 5.62. The van der Waals surface area contributed by atoms with E-state index in [1.54, 1.807) is 0 Å². The summed E-state index contributed by atoms with van der Waals surface area (Å²) in [6, 6.07) is 8.13. The molecule has 1 unspecified atom stereocenters. The Labute approximate surface area is 123 Å². The van der Waals surface area contributed by atoms with Crippen molar-refractivity contribution in [3.63, 3.8) is 0 Å². The minimum absolute atomic E-state index is 0.109. The van der Waals surface area contributed by atoms with Crippen LogP contribution in [-0.2, 0) is 13.1 Å². The lowest BCUT2D eigenvalue weighted by Gasteiger charge is -2.10. The van der Waals surface area contributed by atoms with Gasteiger partial charge in [0.15, 0.2) is 0 Å². The van der Waals surface area contributed by atoms with Gasteiger partial charge in [0.25, 0.3) is 0 Å². The van der Waals surface area contributed by atoms with Crippen molar-refractivity contribution >= 4 is 22.6 Å². The second kappa shape index (κ2) is 5.29. The lowest BCUT2D eigenvalue weighted by molar-refractivity contribution is 0.528. The topological polar surface area (TPSA) is 35.6 Å². The van der Waals surface area contributed by atoms with E-state index in [2.05, 4.69) is 20.7 Å². The Bertz CT molecular complexity index is 726. The summed E-state index contributed by atoms with van der Waals surface area (Å²) in [7, 11) is 0. The molecule has 5 heteroatoms. The number of rotatable bonds is 4. The molecule has 1 atom stereocenters. The van der Waals surface area contributed by atoms with Crippen LogP contribution >= 0.6 is 11.6 Å². The van der Waals surface area contributed by atoms with Gasteiger partial charge in [-0.1, -0.05) is 12.1 Å². The standard InChI is InChI=1S/C15H17ClN4/c1-11-9-17-19(10-11)7-8-20-14-6-4-3-5-13(14)18-15(20)12(2)16/h3-6,9-10,12H,7-8H2,1-2H3. The molecule has 2 heterocycles. The molecular weight excluding hydrogens is 272 g/mol. The molecule has 0 bridgehead atoms. The van der Waals surface area contributed by atoms with Crippen molar-refractivity contribution in [1.29, 1.82) is 0 Å². The predicted octanol–water partition coefficient (Wildman–Crippen LogP) is 3.54. The Hall–Kier alpha value is -1.81. The third-order valence-electron chi connectivity index (χ3n) is 3.35. The number of fused-ring (bicyclic) bond motifs is 1. The molecule has 0 spiro atoms. The van der Waals surface area contributed by atoms with Gasteiger partial charge in [-0.3, -0.25) is 4.68 Å². The molecule has 0 saturated heterocycles. The molecule has 1 aromatic carbocycles. The van der Waals surface area contributed by atoms with Crippen LogP contribution in [0.2, 0.25) is 0 Å². The van der Waals surface area contributed by atoms with E-state index in [0.717, 1.165) is 29.9 Å². The summed E-state index contributed by atoms with van der Waals surface area (Å²) in [5, 5.41) is 4.21. The number of hydrogen-bond acceptors (Lipinski definition) is 2. The number of hydrogen-bond donors (Lipinski definition) is 0. The maximum atomic E-state index is 6.26. The third-order valence-corrected chi connectivity index (χ3v) is 3.55.